The van der Waals surface area contributed by atoms with Gasteiger partial charge in [0.2, 0.25) is 5.91 Å². The van der Waals surface area contributed by atoms with Crippen LogP contribution in [0.3, 0.4) is 0 Å². The van der Waals surface area contributed by atoms with Crippen molar-refractivity contribution in [3.63, 3.8) is 0 Å². The van der Waals surface area contributed by atoms with Gasteiger partial charge < -0.3 is 15.0 Å². The molecule has 4 rings (SSSR count). The Hall–Kier alpha value is -2.84. The Balaban J connectivity index is 1.36. The molecule has 1 heterocycles. The maximum absolute atomic E-state index is 12.0. The lowest BCUT2D eigenvalue weighted by atomic mass is 9.59. The van der Waals surface area contributed by atoms with Crippen molar-refractivity contribution in [2.75, 3.05) is 32.8 Å². The normalized spacial score (nSPS) is 19.1. The summed E-state index contributed by atoms with van der Waals surface area (Å²) in [7, 11) is 0. The van der Waals surface area contributed by atoms with Crippen LogP contribution >= 0.6 is 0 Å². The van der Waals surface area contributed by atoms with Crippen LogP contribution in [0.5, 0.6) is 5.75 Å². The Labute approximate surface area is 210 Å². The van der Waals surface area contributed by atoms with Crippen LogP contribution in [-0.2, 0) is 10.2 Å². The van der Waals surface area contributed by atoms with Crippen molar-refractivity contribution >= 4 is 5.91 Å². The van der Waals surface area contributed by atoms with Gasteiger partial charge in [0, 0.05) is 25.4 Å². The van der Waals surface area contributed by atoms with E-state index >= 15 is 0 Å². The lowest BCUT2D eigenvalue weighted by Gasteiger charge is -2.49. The van der Waals surface area contributed by atoms with Crippen molar-refractivity contribution in [3.05, 3.63) is 65.7 Å². The zero-order chi connectivity index (χ0) is 24.5. The number of likely N-dealkylation sites (tertiary alicyclic amines) is 1. The molecule has 2 fully saturated rings. The van der Waals surface area contributed by atoms with Gasteiger partial charge in [0.05, 0.1) is 18.2 Å². The van der Waals surface area contributed by atoms with E-state index in [1.54, 1.807) is 19.1 Å². The van der Waals surface area contributed by atoms with Gasteiger partial charge in [-0.1, -0.05) is 43.2 Å². The number of carbonyl (C=O) groups is 1. The Kier molecular flexibility index (Phi) is 8.82. The van der Waals surface area contributed by atoms with E-state index in [9.17, 15) is 4.79 Å². The maximum Gasteiger partial charge on any atom is 0.216 e. The molecule has 1 saturated heterocycles. The van der Waals surface area contributed by atoms with Gasteiger partial charge in [-0.2, -0.15) is 5.26 Å². The second-order valence-electron chi connectivity index (χ2n) is 10.3. The average molecular weight is 474 g/mol. The fourth-order valence-electron chi connectivity index (χ4n) is 6.43. The summed E-state index contributed by atoms with van der Waals surface area (Å²) >= 11 is 0. The number of rotatable bonds is 10. The monoisotopic (exact) mass is 473 g/mol. The third-order valence-electron chi connectivity index (χ3n) is 8.21. The van der Waals surface area contributed by atoms with Gasteiger partial charge in [-0.25, -0.2) is 0 Å². The summed E-state index contributed by atoms with van der Waals surface area (Å²) in [4.78, 5) is 14.6. The van der Waals surface area contributed by atoms with E-state index in [1.807, 2.05) is 12.1 Å². The third-order valence-corrected chi connectivity index (χ3v) is 8.21. The molecule has 0 radical (unpaired) electrons. The number of nitriles is 1. The topological polar surface area (TPSA) is 65.4 Å². The molecule has 2 aromatic carbocycles. The lowest BCUT2D eigenvalue weighted by Crippen LogP contribution is -2.53. The van der Waals surface area contributed by atoms with Gasteiger partial charge >= 0.3 is 0 Å². The predicted molar refractivity (Wildman–Crippen MR) is 139 cm³/mol. The minimum absolute atomic E-state index is 0.0220. The number of piperidine rings is 1. The zero-order valence-electron chi connectivity index (χ0n) is 21.0. The summed E-state index contributed by atoms with van der Waals surface area (Å²) in [5, 5.41) is 12.2. The second-order valence-corrected chi connectivity index (χ2v) is 10.3. The molecule has 2 aliphatic rings. The van der Waals surface area contributed by atoms with E-state index in [4.69, 9.17) is 10.00 Å². The van der Waals surface area contributed by atoms with Crippen LogP contribution in [0.25, 0.3) is 0 Å². The molecule has 1 unspecified atom stereocenters. The van der Waals surface area contributed by atoms with Gasteiger partial charge in [-0.3, -0.25) is 4.79 Å². The largest absolute Gasteiger partial charge is 0.494 e. The highest BCUT2D eigenvalue weighted by Gasteiger charge is 2.48. The van der Waals surface area contributed by atoms with Crippen LogP contribution in [0.15, 0.2) is 54.6 Å². The molecule has 1 saturated carbocycles. The summed E-state index contributed by atoms with van der Waals surface area (Å²) < 4.78 is 5.88. The Morgan fingerprint density at radius 2 is 1.69 bits per heavy atom. The van der Waals surface area contributed by atoms with Crippen LogP contribution in [0.4, 0.5) is 0 Å². The number of ether oxygens (including phenoxy) is 1. The van der Waals surface area contributed by atoms with E-state index in [1.165, 1.54) is 44.1 Å². The number of hydrogen-bond donors (Lipinski definition) is 1. The number of nitrogens with one attached hydrogen (secondary N) is 1. The molecular formula is C30H39N3O2. The van der Waals surface area contributed by atoms with Crippen molar-refractivity contribution in [1.29, 1.82) is 5.26 Å². The molecular weight excluding hydrogens is 434 g/mol. The minimum atomic E-state index is 0.0220. The Morgan fingerprint density at radius 1 is 1.03 bits per heavy atom. The molecule has 186 valence electrons. The van der Waals surface area contributed by atoms with Crippen molar-refractivity contribution in [1.82, 2.24) is 10.2 Å². The smallest absolute Gasteiger partial charge is 0.216 e. The highest BCUT2D eigenvalue weighted by molar-refractivity contribution is 5.73. The van der Waals surface area contributed by atoms with Crippen LogP contribution in [0.1, 0.15) is 63.0 Å². The van der Waals surface area contributed by atoms with Gasteiger partial charge in [-0.15, -0.1) is 0 Å². The molecule has 1 aliphatic heterocycles. The van der Waals surface area contributed by atoms with Crippen molar-refractivity contribution in [2.45, 2.75) is 57.3 Å². The van der Waals surface area contributed by atoms with E-state index < -0.39 is 0 Å². The van der Waals surface area contributed by atoms with Gasteiger partial charge in [-0.05, 0) is 86.9 Å². The van der Waals surface area contributed by atoms with Crippen molar-refractivity contribution in [3.8, 4) is 11.8 Å². The molecule has 35 heavy (non-hydrogen) atoms. The van der Waals surface area contributed by atoms with Gasteiger partial charge in [0.25, 0.3) is 0 Å². The first kappa shape index (κ1) is 25.3. The number of benzene rings is 2. The molecule has 1 amide bonds. The van der Waals surface area contributed by atoms with Crippen LogP contribution in [0.2, 0.25) is 0 Å². The van der Waals surface area contributed by atoms with Gasteiger partial charge in [0.15, 0.2) is 0 Å². The molecule has 2 aromatic rings. The van der Waals surface area contributed by atoms with Crippen LogP contribution in [0, 0.1) is 23.2 Å². The van der Waals surface area contributed by atoms with E-state index in [2.05, 4.69) is 46.6 Å². The molecule has 5 heteroatoms. The summed E-state index contributed by atoms with van der Waals surface area (Å²) in [6.07, 6.45) is 8.46. The molecule has 5 nitrogen and oxygen atoms in total. The number of nitrogens with zero attached hydrogens (tertiary/aromatic N) is 2. The second kappa shape index (κ2) is 12.2. The molecule has 1 N–H and O–H groups in total. The number of carbonyl (C=O) groups excluding carboxylic acids is 1. The highest BCUT2D eigenvalue weighted by atomic mass is 16.5. The third kappa shape index (κ3) is 6.24. The van der Waals surface area contributed by atoms with E-state index in [0.717, 1.165) is 38.3 Å². The first-order valence-corrected chi connectivity index (χ1v) is 13.3. The zero-order valence-corrected chi connectivity index (χ0v) is 21.0. The van der Waals surface area contributed by atoms with E-state index in [0.29, 0.717) is 24.0 Å². The highest BCUT2D eigenvalue weighted by Crippen LogP contribution is 2.50. The number of amides is 1. The fourth-order valence-corrected chi connectivity index (χ4v) is 6.43. The summed E-state index contributed by atoms with van der Waals surface area (Å²) in [5.74, 6) is 2.10. The predicted octanol–water partition coefficient (Wildman–Crippen LogP) is 5.30. The lowest BCUT2D eigenvalue weighted by molar-refractivity contribution is -0.119. The number of hydrogen-bond acceptors (Lipinski definition) is 4. The SMILES string of the molecule is CC(=O)NCC(c1ccccc1)(C1CCCC1)C1CCN(CCCOc2ccc(C#N)cc2)CC1. The fraction of sp³-hybridized carbons (Fsp3) is 0.533. The minimum Gasteiger partial charge on any atom is -0.494 e. The summed E-state index contributed by atoms with van der Waals surface area (Å²) in [6, 6.07) is 20.5. The van der Waals surface area contributed by atoms with E-state index in [-0.39, 0.29) is 11.3 Å². The standard InChI is InChI=1S/C30H39N3O2/c1-24(34)32-23-30(27-10-5-6-11-27,26-8-3-2-4-9-26)28-16-19-33(20-17-28)18-7-21-35-29-14-12-25(22-31)13-15-29/h2-4,8-9,12-15,27-28H,5-7,10-11,16-21,23H2,1H3,(H,32,34). The molecule has 1 atom stereocenters. The molecule has 0 bridgehead atoms. The summed E-state index contributed by atoms with van der Waals surface area (Å²) in [6.45, 7) is 6.32. The molecule has 0 spiro atoms. The summed E-state index contributed by atoms with van der Waals surface area (Å²) in [5.41, 5.74) is 2.09. The quantitative estimate of drug-likeness (QED) is 0.475. The first-order chi connectivity index (χ1) is 17.1. The Morgan fingerprint density at radius 3 is 2.31 bits per heavy atom. The Bertz CT molecular complexity index is 971. The van der Waals surface area contributed by atoms with Gasteiger partial charge in [0.1, 0.15) is 5.75 Å². The van der Waals surface area contributed by atoms with Crippen LogP contribution in [-0.4, -0.2) is 43.6 Å². The maximum atomic E-state index is 12.0. The van der Waals surface area contributed by atoms with Crippen molar-refractivity contribution in [2.24, 2.45) is 11.8 Å². The average Bonchev–Trinajstić information content (AvgIpc) is 3.44. The van der Waals surface area contributed by atoms with Crippen molar-refractivity contribution < 1.29 is 9.53 Å². The molecule has 1 aliphatic carbocycles. The first-order valence-electron chi connectivity index (χ1n) is 13.3. The molecule has 0 aromatic heterocycles. The van der Waals surface area contributed by atoms with Crippen LogP contribution < -0.4 is 10.1 Å².